The smallest absolute Gasteiger partial charge is 0.251 e. The number of hydrogen-bond acceptors (Lipinski definition) is 4. The number of nitrogens with one attached hydrogen (secondary N) is 1. The number of aliphatic hydroxyl groups excluding tert-OH is 1. The first-order valence-corrected chi connectivity index (χ1v) is 6.16. The number of hydrogen-bond donors (Lipinski definition) is 2. The second-order valence-corrected chi connectivity index (χ2v) is 4.76. The predicted octanol–water partition coefficient (Wildman–Crippen LogP) is 1.01. The van der Waals surface area contributed by atoms with Crippen molar-refractivity contribution in [1.29, 1.82) is 0 Å². The highest BCUT2D eigenvalue weighted by atomic mass is 35.5. The van der Waals surface area contributed by atoms with Crippen LogP contribution in [0.15, 0.2) is 18.3 Å². The second kappa shape index (κ2) is 5.65. The van der Waals surface area contributed by atoms with E-state index in [1.807, 2.05) is 0 Å². The Morgan fingerprint density at radius 1 is 1.56 bits per heavy atom. The molecule has 98 valence electrons. The molecule has 0 spiro atoms. The number of ether oxygens (including phenoxy) is 1. The van der Waals surface area contributed by atoms with Crippen LogP contribution in [0.2, 0.25) is 5.15 Å². The van der Waals surface area contributed by atoms with Gasteiger partial charge in [-0.1, -0.05) is 11.6 Å². The highest BCUT2D eigenvalue weighted by molar-refractivity contribution is 6.29. The molecule has 0 aromatic carbocycles. The number of pyridine rings is 1. The molecule has 0 saturated carbocycles. The summed E-state index contributed by atoms with van der Waals surface area (Å²) in [7, 11) is 0. The van der Waals surface area contributed by atoms with E-state index >= 15 is 0 Å². The molecular formula is C12H15ClN2O3. The fraction of sp³-hybridized carbons (Fsp3) is 0.500. The predicted molar refractivity (Wildman–Crippen MR) is 66.6 cm³/mol. The van der Waals surface area contributed by atoms with Gasteiger partial charge in [-0.3, -0.25) is 4.79 Å². The van der Waals surface area contributed by atoms with Crippen LogP contribution in [0.25, 0.3) is 0 Å². The van der Waals surface area contributed by atoms with E-state index in [2.05, 4.69) is 10.3 Å². The van der Waals surface area contributed by atoms with Gasteiger partial charge < -0.3 is 15.2 Å². The molecule has 0 unspecified atom stereocenters. The molecule has 0 atom stereocenters. The highest BCUT2D eigenvalue weighted by Crippen LogP contribution is 2.21. The molecule has 0 aliphatic carbocycles. The zero-order valence-corrected chi connectivity index (χ0v) is 10.6. The summed E-state index contributed by atoms with van der Waals surface area (Å²) in [5, 5.41) is 12.6. The standard InChI is InChI=1S/C12H15ClN2O3/c13-10-7-9(1-4-14-10)11(17)15-12(8-16)2-5-18-6-3-12/h1,4,7,16H,2-3,5-6,8H2,(H,15,17). The average Bonchev–Trinajstić information content (AvgIpc) is 2.40. The number of rotatable bonds is 3. The third kappa shape index (κ3) is 2.98. The molecule has 1 fully saturated rings. The van der Waals surface area contributed by atoms with Crippen molar-refractivity contribution in [1.82, 2.24) is 10.3 Å². The molecule has 0 bridgehead atoms. The Kier molecular flexibility index (Phi) is 4.16. The van der Waals surface area contributed by atoms with Gasteiger partial charge in [0.2, 0.25) is 0 Å². The van der Waals surface area contributed by atoms with Crippen molar-refractivity contribution in [2.75, 3.05) is 19.8 Å². The molecule has 0 radical (unpaired) electrons. The molecule has 1 aliphatic heterocycles. The third-order valence-corrected chi connectivity index (χ3v) is 3.33. The maximum Gasteiger partial charge on any atom is 0.251 e. The lowest BCUT2D eigenvalue weighted by Crippen LogP contribution is -2.54. The maximum absolute atomic E-state index is 12.1. The van der Waals surface area contributed by atoms with E-state index in [1.54, 1.807) is 6.07 Å². The van der Waals surface area contributed by atoms with Crippen LogP contribution in [0.3, 0.4) is 0 Å². The molecule has 1 saturated heterocycles. The van der Waals surface area contributed by atoms with E-state index in [9.17, 15) is 9.90 Å². The largest absolute Gasteiger partial charge is 0.394 e. The van der Waals surface area contributed by atoms with Crippen LogP contribution in [0.5, 0.6) is 0 Å². The Hall–Kier alpha value is -1.17. The van der Waals surface area contributed by atoms with Crippen LogP contribution in [-0.4, -0.2) is 41.4 Å². The first-order chi connectivity index (χ1) is 8.65. The molecule has 6 heteroatoms. The summed E-state index contributed by atoms with van der Waals surface area (Å²) in [6.07, 6.45) is 2.69. The topological polar surface area (TPSA) is 71.5 Å². The van der Waals surface area contributed by atoms with Gasteiger partial charge >= 0.3 is 0 Å². The minimum absolute atomic E-state index is 0.0963. The molecule has 1 amide bonds. The molecule has 18 heavy (non-hydrogen) atoms. The second-order valence-electron chi connectivity index (χ2n) is 4.37. The lowest BCUT2D eigenvalue weighted by atomic mass is 9.90. The van der Waals surface area contributed by atoms with Gasteiger partial charge in [0.15, 0.2) is 0 Å². The summed E-state index contributed by atoms with van der Waals surface area (Å²) in [5.74, 6) is -0.254. The van der Waals surface area contributed by atoms with Crippen molar-refractivity contribution < 1.29 is 14.6 Å². The lowest BCUT2D eigenvalue weighted by molar-refractivity contribution is 0.0125. The van der Waals surface area contributed by atoms with E-state index in [-0.39, 0.29) is 17.7 Å². The van der Waals surface area contributed by atoms with Crippen molar-refractivity contribution in [3.63, 3.8) is 0 Å². The van der Waals surface area contributed by atoms with Crippen LogP contribution in [0.1, 0.15) is 23.2 Å². The van der Waals surface area contributed by atoms with Crippen LogP contribution in [0.4, 0.5) is 0 Å². The molecule has 2 rings (SSSR count). The normalized spacial score (nSPS) is 18.3. The SMILES string of the molecule is O=C(NC1(CO)CCOCC1)c1ccnc(Cl)c1. The fourth-order valence-electron chi connectivity index (χ4n) is 1.94. The van der Waals surface area contributed by atoms with E-state index in [1.165, 1.54) is 12.3 Å². The quantitative estimate of drug-likeness (QED) is 0.804. The van der Waals surface area contributed by atoms with E-state index < -0.39 is 5.54 Å². The van der Waals surface area contributed by atoms with Crippen molar-refractivity contribution in [2.45, 2.75) is 18.4 Å². The molecule has 1 aromatic rings. The van der Waals surface area contributed by atoms with Crippen LogP contribution in [-0.2, 0) is 4.74 Å². The van der Waals surface area contributed by atoms with Crippen LogP contribution < -0.4 is 5.32 Å². The van der Waals surface area contributed by atoms with Gasteiger partial charge in [-0.25, -0.2) is 4.98 Å². The van der Waals surface area contributed by atoms with Crippen molar-refractivity contribution in [2.24, 2.45) is 0 Å². The summed E-state index contributed by atoms with van der Waals surface area (Å²) >= 11 is 5.74. The summed E-state index contributed by atoms with van der Waals surface area (Å²) in [6, 6.07) is 3.09. The molecular weight excluding hydrogens is 256 g/mol. The number of aliphatic hydroxyl groups is 1. The fourth-order valence-corrected chi connectivity index (χ4v) is 2.12. The van der Waals surface area contributed by atoms with Crippen LogP contribution in [0, 0.1) is 0 Å². The Bertz CT molecular complexity index is 433. The monoisotopic (exact) mass is 270 g/mol. The molecule has 5 nitrogen and oxygen atoms in total. The van der Waals surface area contributed by atoms with Gasteiger partial charge in [0.05, 0.1) is 12.1 Å². The number of amides is 1. The highest BCUT2D eigenvalue weighted by Gasteiger charge is 2.33. The summed E-state index contributed by atoms with van der Waals surface area (Å²) in [4.78, 5) is 15.9. The number of carbonyl (C=O) groups is 1. The minimum Gasteiger partial charge on any atom is -0.394 e. The van der Waals surface area contributed by atoms with Gasteiger partial charge in [0.25, 0.3) is 5.91 Å². The first kappa shape index (κ1) is 13.3. The minimum atomic E-state index is -0.592. The van der Waals surface area contributed by atoms with Gasteiger partial charge in [0, 0.05) is 25.0 Å². The number of nitrogens with zero attached hydrogens (tertiary/aromatic N) is 1. The number of aromatic nitrogens is 1. The molecule has 1 aliphatic rings. The van der Waals surface area contributed by atoms with Crippen molar-refractivity contribution in [3.8, 4) is 0 Å². The molecule has 1 aromatic heterocycles. The van der Waals surface area contributed by atoms with Gasteiger partial charge in [-0.05, 0) is 25.0 Å². The molecule has 2 heterocycles. The number of carbonyl (C=O) groups excluding carboxylic acids is 1. The molecule has 2 N–H and O–H groups in total. The maximum atomic E-state index is 12.1. The summed E-state index contributed by atoms with van der Waals surface area (Å²) in [6.45, 7) is 0.983. The van der Waals surface area contributed by atoms with Crippen molar-refractivity contribution in [3.05, 3.63) is 29.0 Å². The Morgan fingerprint density at radius 2 is 2.28 bits per heavy atom. The zero-order chi connectivity index (χ0) is 13.0. The van der Waals surface area contributed by atoms with Gasteiger partial charge in [0.1, 0.15) is 5.15 Å². The average molecular weight is 271 g/mol. The van der Waals surface area contributed by atoms with Crippen LogP contribution >= 0.6 is 11.6 Å². The summed E-state index contributed by atoms with van der Waals surface area (Å²) in [5.41, 5.74) is -0.153. The Labute approximate surface area is 110 Å². The Morgan fingerprint density at radius 3 is 2.89 bits per heavy atom. The third-order valence-electron chi connectivity index (χ3n) is 3.12. The van der Waals surface area contributed by atoms with Gasteiger partial charge in [-0.15, -0.1) is 0 Å². The Balaban J connectivity index is 2.10. The zero-order valence-electron chi connectivity index (χ0n) is 9.86. The number of halogens is 1. The van der Waals surface area contributed by atoms with E-state index in [4.69, 9.17) is 16.3 Å². The van der Waals surface area contributed by atoms with E-state index in [0.717, 1.165) is 0 Å². The van der Waals surface area contributed by atoms with E-state index in [0.29, 0.717) is 31.6 Å². The summed E-state index contributed by atoms with van der Waals surface area (Å²) < 4.78 is 5.24. The first-order valence-electron chi connectivity index (χ1n) is 5.78. The van der Waals surface area contributed by atoms with Gasteiger partial charge in [-0.2, -0.15) is 0 Å². The lowest BCUT2D eigenvalue weighted by Gasteiger charge is -2.36. The van der Waals surface area contributed by atoms with Crippen molar-refractivity contribution >= 4 is 17.5 Å².